The Hall–Kier alpha value is -3.22. The standard InChI is InChI=1S/C25H21Cl2NO5/c1-3-14-6-8-15(9-7-14)21-20(22(29)18-11-16(26)12-19(27)24(18)32-2)23(30)25(31)28(21)13-17-5-4-10-33-17/h4-12,21,29H,3,13H2,1-2H3/b22-20+. The van der Waals surface area contributed by atoms with Crippen LogP contribution in [0.5, 0.6) is 5.75 Å². The molecular weight excluding hydrogens is 465 g/mol. The number of aliphatic hydroxyl groups excluding tert-OH is 1. The molecule has 1 saturated heterocycles. The van der Waals surface area contributed by atoms with Crippen molar-refractivity contribution < 1.29 is 23.8 Å². The van der Waals surface area contributed by atoms with Crippen LogP contribution < -0.4 is 4.74 Å². The Labute approximate surface area is 201 Å². The second-order valence-electron chi connectivity index (χ2n) is 7.57. The van der Waals surface area contributed by atoms with Gasteiger partial charge in [-0.25, -0.2) is 0 Å². The number of amides is 1. The maximum Gasteiger partial charge on any atom is 0.296 e. The number of rotatable bonds is 6. The summed E-state index contributed by atoms with van der Waals surface area (Å²) in [7, 11) is 1.39. The number of halogens is 2. The van der Waals surface area contributed by atoms with Gasteiger partial charge in [0.2, 0.25) is 0 Å². The van der Waals surface area contributed by atoms with Crippen molar-refractivity contribution in [2.75, 3.05) is 7.11 Å². The number of carbonyl (C=O) groups is 2. The molecule has 33 heavy (non-hydrogen) atoms. The van der Waals surface area contributed by atoms with Crippen molar-refractivity contribution in [2.45, 2.75) is 25.9 Å². The Morgan fingerprint density at radius 1 is 1.15 bits per heavy atom. The van der Waals surface area contributed by atoms with E-state index in [0.717, 1.165) is 12.0 Å². The third-order valence-electron chi connectivity index (χ3n) is 5.62. The molecule has 0 saturated carbocycles. The fourth-order valence-electron chi connectivity index (χ4n) is 3.98. The van der Waals surface area contributed by atoms with Gasteiger partial charge in [0.15, 0.2) is 0 Å². The van der Waals surface area contributed by atoms with Gasteiger partial charge in [-0.1, -0.05) is 54.4 Å². The summed E-state index contributed by atoms with van der Waals surface area (Å²) in [5.74, 6) is -1.32. The number of nitrogens with zero attached hydrogens (tertiary/aromatic N) is 1. The molecule has 1 aliphatic rings. The number of benzene rings is 2. The van der Waals surface area contributed by atoms with Crippen LogP contribution in [0, 0.1) is 0 Å². The highest BCUT2D eigenvalue weighted by atomic mass is 35.5. The minimum absolute atomic E-state index is 0.0575. The van der Waals surface area contributed by atoms with Crippen LogP contribution in [0.3, 0.4) is 0 Å². The van der Waals surface area contributed by atoms with Crippen molar-refractivity contribution in [2.24, 2.45) is 0 Å². The molecule has 0 radical (unpaired) electrons. The molecule has 1 unspecified atom stereocenters. The monoisotopic (exact) mass is 485 g/mol. The second-order valence-corrected chi connectivity index (χ2v) is 8.41. The Kier molecular flexibility index (Phi) is 6.49. The number of aliphatic hydroxyl groups is 1. The quantitative estimate of drug-likeness (QED) is 0.272. The molecule has 170 valence electrons. The number of ether oxygens (including phenoxy) is 1. The van der Waals surface area contributed by atoms with Crippen LogP contribution in [0.25, 0.3) is 5.76 Å². The molecule has 3 aromatic rings. The molecule has 1 aromatic heterocycles. The summed E-state index contributed by atoms with van der Waals surface area (Å²) in [5.41, 5.74) is 1.82. The largest absolute Gasteiger partial charge is 0.507 e. The molecule has 2 aromatic carbocycles. The first-order chi connectivity index (χ1) is 15.8. The van der Waals surface area contributed by atoms with E-state index >= 15 is 0 Å². The third-order valence-corrected chi connectivity index (χ3v) is 6.12. The number of aryl methyl sites for hydroxylation is 1. The first-order valence-corrected chi connectivity index (χ1v) is 11.0. The Morgan fingerprint density at radius 2 is 1.88 bits per heavy atom. The first-order valence-electron chi connectivity index (χ1n) is 10.3. The molecule has 0 spiro atoms. The fourth-order valence-corrected chi connectivity index (χ4v) is 4.56. The van der Waals surface area contributed by atoms with Gasteiger partial charge in [-0.2, -0.15) is 0 Å². The van der Waals surface area contributed by atoms with E-state index in [-0.39, 0.29) is 33.5 Å². The molecule has 1 N–H and O–H groups in total. The lowest BCUT2D eigenvalue weighted by Crippen LogP contribution is -2.29. The molecule has 0 bridgehead atoms. The third kappa shape index (κ3) is 4.24. The van der Waals surface area contributed by atoms with Crippen LogP contribution in [-0.4, -0.2) is 28.8 Å². The van der Waals surface area contributed by atoms with Crippen LogP contribution in [0.2, 0.25) is 10.0 Å². The predicted molar refractivity (Wildman–Crippen MR) is 125 cm³/mol. The minimum atomic E-state index is -0.844. The van der Waals surface area contributed by atoms with E-state index in [9.17, 15) is 14.7 Å². The number of furan rings is 1. The molecule has 1 atom stereocenters. The van der Waals surface area contributed by atoms with Crippen LogP contribution >= 0.6 is 23.2 Å². The average molecular weight is 486 g/mol. The van der Waals surface area contributed by atoms with Crippen molar-refractivity contribution in [3.05, 3.63) is 92.9 Å². The number of ketones is 1. The topological polar surface area (TPSA) is 80.0 Å². The van der Waals surface area contributed by atoms with Crippen LogP contribution in [0.4, 0.5) is 0 Å². The highest BCUT2D eigenvalue weighted by molar-refractivity contribution is 6.46. The van der Waals surface area contributed by atoms with E-state index in [0.29, 0.717) is 11.3 Å². The van der Waals surface area contributed by atoms with Crippen LogP contribution in [0.1, 0.15) is 35.4 Å². The molecule has 0 aliphatic carbocycles. The van der Waals surface area contributed by atoms with Crippen molar-refractivity contribution in [3.8, 4) is 5.75 Å². The molecule has 1 fully saturated rings. The lowest BCUT2D eigenvalue weighted by atomic mass is 9.94. The Morgan fingerprint density at radius 3 is 2.48 bits per heavy atom. The van der Waals surface area contributed by atoms with E-state index < -0.39 is 23.5 Å². The summed E-state index contributed by atoms with van der Waals surface area (Å²) in [6, 6.07) is 13.0. The molecule has 1 aliphatic heterocycles. The first kappa shape index (κ1) is 23.0. The van der Waals surface area contributed by atoms with Crippen LogP contribution in [0.15, 0.2) is 64.8 Å². The summed E-state index contributed by atoms with van der Waals surface area (Å²) in [4.78, 5) is 27.6. The summed E-state index contributed by atoms with van der Waals surface area (Å²) >= 11 is 12.4. The molecule has 6 nitrogen and oxygen atoms in total. The highest BCUT2D eigenvalue weighted by Crippen LogP contribution is 2.43. The molecule has 8 heteroatoms. The van der Waals surface area contributed by atoms with Gasteiger partial charge in [-0.3, -0.25) is 9.59 Å². The fraction of sp³-hybridized carbons (Fsp3) is 0.200. The van der Waals surface area contributed by atoms with Crippen molar-refractivity contribution in [3.63, 3.8) is 0 Å². The number of hydrogen-bond donors (Lipinski definition) is 1. The van der Waals surface area contributed by atoms with Gasteiger partial charge in [0.25, 0.3) is 11.7 Å². The van der Waals surface area contributed by atoms with Gasteiger partial charge >= 0.3 is 0 Å². The molecule has 4 rings (SSSR count). The minimum Gasteiger partial charge on any atom is -0.507 e. The van der Waals surface area contributed by atoms with Crippen molar-refractivity contribution in [1.82, 2.24) is 4.90 Å². The summed E-state index contributed by atoms with van der Waals surface area (Å²) in [5, 5.41) is 11.7. The van der Waals surface area contributed by atoms with Gasteiger partial charge in [0.1, 0.15) is 17.3 Å². The number of carbonyl (C=O) groups excluding carboxylic acids is 2. The van der Waals surface area contributed by atoms with Gasteiger partial charge in [0, 0.05) is 5.02 Å². The summed E-state index contributed by atoms with van der Waals surface area (Å²) in [6.07, 6.45) is 2.33. The summed E-state index contributed by atoms with van der Waals surface area (Å²) in [6.45, 7) is 2.09. The number of hydrogen-bond acceptors (Lipinski definition) is 5. The zero-order chi connectivity index (χ0) is 23.7. The second kappa shape index (κ2) is 9.33. The number of Topliss-reactive ketones (excluding diaryl/α,β-unsaturated/α-hetero) is 1. The maximum absolute atomic E-state index is 13.2. The van der Waals surface area contributed by atoms with E-state index in [1.54, 1.807) is 12.1 Å². The van der Waals surface area contributed by atoms with E-state index in [2.05, 4.69) is 0 Å². The van der Waals surface area contributed by atoms with E-state index in [1.165, 1.54) is 30.4 Å². The Balaban J connectivity index is 1.92. The smallest absolute Gasteiger partial charge is 0.296 e. The van der Waals surface area contributed by atoms with Gasteiger partial charge in [0.05, 0.1) is 42.1 Å². The van der Waals surface area contributed by atoms with Gasteiger partial charge < -0.3 is 19.2 Å². The van der Waals surface area contributed by atoms with Crippen molar-refractivity contribution >= 4 is 40.7 Å². The normalized spacial score (nSPS) is 17.6. The predicted octanol–water partition coefficient (Wildman–Crippen LogP) is 5.78. The molecule has 2 heterocycles. The van der Waals surface area contributed by atoms with E-state index in [1.807, 2.05) is 31.2 Å². The lowest BCUT2D eigenvalue weighted by Gasteiger charge is -2.25. The lowest BCUT2D eigenvalue weighted by molar-refractivity contribution is -0.140. The summed E-state index contributed by atoms with van der Waals surface area (Å²) < 4.78 is 10.8. The van der Waals surface area contributed by atoms with E-state index in [4.69, 9.17) is 32.4 Å². The number of likely N-dealkylation sites (tertiary alicyclic amines) is 1. The SMILES string of the molecule is CCc1ccc(C2/C(=C(\O)c3cc(Cl)cc(Cl)c3OC)C(=O)C(=O)N2Cc2ccco2)cc1. The van der Waals surface area contributed by atoms with Gasteiger partial charge in [-0.15, -0.1) is 0 Å². The van der Waals surface area contributed by atoms with Gasteiger partial charge in [-0.05, 0) is 41.8 Å². The Bertz CT molecular complexity index is 1230. The molecule has 1 amide bonds. The molecular formula is C25H21Cl2NO5. The average Bonchev–Trinajstić information content (AvgIpc) is 3.40. The maximum atomic E-state index is 13.2. The number of methoxy groups -OCH3 is 1. The highest BCUT2D eigenvalue weighted by Gasteiger charge is 2.46. The van der Waals surface area contributed by atoms with Crippen molar-refractivity contribution in [1.29, 1.82) is 0 Å². The zero-order valence-electron chi connectivity index (χ0n) is 18.0. The zero-order valence-corrected chi connectivity index (χ0v) is 19.5. The van der Waals surface area contributed by atoms with Crippen LogP contribution in [-0.2, 0) is 22.6 Å².